The first-order valence-electron chi connectivity index (χ1n) is 9.34. The third-order valence-electron chi connectivity index (χ3n) is 4.18. The van der Waals surface area contributed by atoms with Crippen molar-refractivity contribution in [2.75, 3.05) is 13.7 Å². The van der Waals surface area contributed by atoms with Gasteiger partial charge in [0.05, 0.1) is 22.9 Å². The first-order valence-corrected chi connectivity index (χ1v) is 11.1. The van der Waals surface area contributed by atoms with E-state index in [4.69, 9.17) is 4.74 Å². The molecule has 158 valence electrons. The third-order valence-corrected chi connectivity index (χ3v) is 6.08. The standard InChI is InChI=1S/C20H23N5O3S2/c1-5-21-19(27)22-18(26)13(3)30-20-24-23-17(16-7-6-10-29-16)25(20)14-11-12(2)8-9-15(14)28-4/h6-11,13H,5H2,1-4H3,(H2,21,22,26,27). The number of aryl methyl sites for hydroxylation is 1. The molecule has 1 aromatic carbocycles. The number of thioether (sulfide) groups is 1. The molecule has 1 unspecified atom stereocenters. The second-order valence-corrected chi connectivity index (χ2v) is 8.66. The number of amides is 3. The Bertz CT molecular complexity index is 1030. The molecular weight excluding hydrogens is 422 g/mol. The van der Waals surface area contributed by atoms with Gasteiger partial charge in [0.1, 0.15) is 5.75 Å². The normalized spacial score (nSPS) is 11.7. The van der Waals surface area contributed by atoms with Crippen LogP contribution < -0.4 is 15.4 Å². The van der Waals surface area contributed by atoms with Crippen LogP contribution in [0.25, 0.3) is 16.4 Å². The van der Waals surface area contributed by atoms with E-state index >= 15 is 0 Å². The summed E-state index contributed by atoms with van der Waals surface area (Å²) < 4.78 is 7.46. The van der Waals surface area contributed by atoms with E-state index in [1.54, 1.807) is 32.3 Å². The molecule has 3 aromatic rings. The van der Waals surface area contributed by atoms with E-state index < -0.39 is 17.2 Å². The van der Waals surface area contributed by atoms with Gasteiger partial charge in [0, 0.05) is 6.54 Å². The Morgan fingerprint density at radius 1 is 1.30 bits per heavy atom. The van der Waals surface area contributed by atoms with Crippen molar-refractivity contribution in [2.45, 2.75) is 31.2 Å². The predicted molar refractivity (Wildman–Crippen MR) is 118 cm³/mol. The molecule has 0 radical (unpaired) electrons. The fourth-order valence-electron chi connectivity index (χ4n) is 2.73. The summed E-state index contributed by atoms with van der Waals surface area (Å²) in [7, 11) is 1.61. The fourth-order valence-corrected chi connectivity index (χ4v) is 4.29. The van der Waals surface area contributed by atoms with E-state index in [1.807, 2.05) is 47.2 Å². The van der Waals surface area contributed by atoms with Gasteiger partial charge in [-0.3, -0.25) is 14.7 Å². The van der Waals surface area contributed by atoms with Gasteiger partial charge >= 0.3 is 6.03 Å². The summed E-state index contributed by atoms with van der Waals surface area (Å²) in [5.74, 6) is 0.918. The first-order chi connectivity index (χ1) is 14.4. The molecule has 30 heavy (non-hydrogen) atoms. The molecule has 2 N–H and O–H groups in total. The van der Waals surface area contributed by atoms with Gasteiger partial charge < -0.3 is 10.1 Å². The lowest BCUT2D eigenvalue weighted by Gasteiger charge is -2.16. The Hall–Kier alpha value is -2.85. The van der Waals surface area contributed by atoms with Crippen LogP contribution in [0.4, 0.5) is 4.79 Å². The van der Waals surface area contributed by atoms with Crippen LogP contribution in [-0.4, -0.2) is 45.6 Å². The van der Waals surface area contributed by atoms with Crippen molar-refractivity contribution in [3.8, 4) is 22.1 Å². The summed E-state index contributed by atoms with van der Waals surface area (Å²) in [4.78, 5) is 25.0. The number of benzene rings is 1. The van der Waals surface area contributed by atoms with E-state index in [0.717, 1.165) is 16.1 Å². The number of urea groups is 1. The van der Waals surface area contributed by atoms with E-state index in [1.165, 1.54) is 11.8 Å². The molecule has 0 aliphatic carbocycles. The fraction of sp³-hybridized carbons (Fsp3) is 0.300. The SMILES string of the molecule is CCNC(=O)NC(=O)C(C)Sc1nnc(-c2cccs2)n1-c1cc(C)ccc1OC. The molecule has 8 nitrogen and oxygen atoms in total. The highest BCUT2D eigenvalue weighted by atomic mass is 32.2. The van der Waals surface area contributed by atoms with E-state index in [-0.39, 0.29) is 0 Å². The summed E-state index contributed by atoms with van der Waals surface area (Å²) >= 11 is 2.77. The average Bonchev–Trinajstić information content (AvgIpc) is 3.37. The number of nitrogens with zero attached hydrogens (tertiary/aromatic N) is 3. The summed E-state index contributed by atoms with van der Waals surface area (Å²) in [5.41, 5.74) is 1.83. The number of imide groups is 1. The van der Waals surface area contributed by atoms with Crippen molar-refractivity contribution in [1.82, 2.24) is 25.4 Å². The third kappa shape index (κ3) is 4.82. The summed E-state index contributed by atoms with van der Waals surface area (Å²) in [6.07, 6.45) is 0. The molecule has 1 atom stereocenters. The van der Waals surface area contributed by atoms with Crippen LogP contribution in [0.15, 0.2) is 40.9 Å². The highest BCUT2D eigenvalue weighted by Crippen LogP contribution is 2.35. The molecule has 2 aromatic heterocycles. The Labute approximate surface area is 183 Å². The van der Waals surface area contributed by atoms with Crippen LogP contribution >= 0.6 is 23.1 Å². The summed E-state index contributed by atoms with van der Waals surface area (Å²) in [6.45, 7) is 5.93. The zero-order valence-electron chi connectivity index (χ0n) is 17.1. The Kier molecular flexibility index (Phi) is 7.11. The number of rotatable bonds is 7. The zero-order chi connectivity index (χ0) is 21.7. The lowest BCUT2D eigenvalue weighted by molar-refractivity contribution is -0.119. The van der Waals surface area contributed by atoms with Crippen molar-refractivity contribution in [3.63, 3.8) is 0 Å². The highest BCUT2D eigenvalue weighted by Gasteiger charge is 2.24. The molecule has 0 spiro atoms. The maximum Gasteiger partial charge on any atom is 0.321 e. The van der Waals surface area contributed by atoms with Crippen LogP contribution in [0.2, 0.25) is 0 Å². The topological polar surface area (TPSA) is 98.1 Å². The molecule has 0 bridgehead atoms. The lowest BCUT2D eigenvalue weighted by Crippen LogP contribution is -2.42. The van der Waals surface area contributed by atoms with Crippen LogP contribution in [0, 0.1) is 6.92 Å². The molecule has 0 saturated carbocycles. The number of aromatic nitrogens is 3. The number of carbonyl (C=O) groups is 2. The number of hydrogen-bond acceptors (Lipinski definition) is 7. The molecule has 0 saturated heterocycles. The predicted octanol–water partition coefficient (Wildman–Crippen LogP) is 3.64. The number of methoxy groups -OCH3 is 1. The van der Waals surface area contributed by atoms with Crippen molar-refractivity contribution in [1.29, 1.82) is 0 Å². The van der Waals surface area contributed by atoms with Crippen LogP contribution in [-0.2, 0) is 4.79 Å². The van der Waals surface area contributed by atoms with Gasteiger partial charge in [-0.25, -0.2) is 4.79 Å². The summed E-state index contributed by atoms with van der Waals surface area (Å²) in [6, 6.07) is 9.24. The van der Waals surface area contributed by atoms with Gasteiger partial charge in [0.15, 0.2) is 11.0 Å². The lowest BCUT2D eigenvalue weighted by atomic mass is 10.2. The zero-order valence-corrected chi connectivity index (χ0v) is 18.8. The minimum atomic E-state index is -0.567. The number of carbonyl (C=O) groups excluding carboxylic acids is 2. The molecule has 0 fully saturated rings. The Balaban J connectivity index is 1.99. The smallest absolute Gasteiger partial charge is 0.321 e. The number of ether oxygens (including phenoxy) is 1. The van der Waals surface area contributed by atoms with E-state index in [0.29, 0.717) is 23.3 Å². The van der Waals surface area contributed by atoms with Gasteiger partial charge in [-0.2, -0.15) is 0 Å². The quantitative estimate of drug-likeness (QED) is 0.539. The molecule has 0 aliphatic heterocycles. The molecule has 3 amide bonds. The number of hydrogen-bond donors (Lipinski definition) is 2. The van der Waals surface area contributed by atoms with Crippen molar-refractivity contribution in [2.24, 2.45) is 0 Å². The van der Waals surface area contributed by atoms with Crippen LogP contribution in [0.5, 0.6) is 5.75 Å². The maximum atomic E-state index is 12.4. The molecule has 2 heterocycles. The number of thiophene rings is 1. The molecular formula is C20H23N5O3S2. The van der Waals surface area contributed by atoms with Gasteiger partial charge in [0.25, 0.3) is 0 Å². The largest absolute Gasteiger partial charge is 0.495 e. The van der Waals surface area contributed by atoms with Gasteiger partial charge in [-0.15, -0.1) is 21.5 Å². The van der Waals surface area contributed by atoms with Crippen molar-refractivity contribution in [3.05, 3.63) is 41.3 Å². The van der Waals surface area contributed by atoms with E-state index in [2.05, 4.69) is 20.8 Å². The second-order valence-electron chi connectivity index (χ2n) is 6.40. The van der Waals surface area contributed by atoms with Gasteiger partial charge in [-0.1, -0.05) is 23.9 Å². The van der Waals surface area contributed by atoms with E-state index in [9.17, 15) is 9.59 Å². The molecule has 0 aliphatic rings. The maximum absolute atomic E-state index is 12.4. The molecule has 10 heteroatoms. The Morgan fingerprint density at radius 2 is 2.10 bits per heavy atom. The Morgan fingerprint density at radius 3 is 2.77 bits per heavy atom. The monoisotopic (exact) mass is 445 g/mol. The van der Waals surface area contributed by atoms with Crippen LogP contribution in [0.1, 0.15) is 19.4 Å². The van der Waals surface area contributed by atoms with Gasteiger partial charge in [0.2, 0.25) is 5.91 Å². The minimum absolute atomic E-state index is 0.408. The van der Waals surface area contributed by atoms with Crippen molar-refractivity contribution >= 4 is 35.0 Å². The second kappa shape index (κ2) is 9.77. The minimum Gasteiger partial charge on any atom is -0.495 e. The van der Waals surface area contributed by atoms with Crippen LogP contribution in [0.3, 0.4) is 0 Å². The molecule has 3 rings (SSSR count). The first kappa shape index (κ1) is 21.8. The number of nitrogens with one attached hydrogen (secondary N) is 2. The highest BCUT2D eigenvalue weighted by molar-refractivity contribution is 8.00. The average molecular weight is 446 g/mol. The summed E-state index contributed by atoms with van der Waals surface area (Å²) in [5, 5.41) is 15.5. The van der Waals surface area contributed by atoms with Crippen molar-refractivity contribution < 1.29 is 14.3 Å². The van der Waals surface area contributed by atoms with Gasteiger partial charge in [-0.05, 0) is 49.9 Å².